The summed E-state index contributed by atoms with van der Waals surface area (Å²) in [5.74, 6) is -3.65. The number of carbonyl (C=O) groups excluding carboxylic acids is 1. The van der Waals surface area contributed by atoms with E-state index in [1.54, 1.807) is 13.8 Å². The van der Waals surface area contributed by atoms with Gasteiger partial charge in [0.2, 0.25) is 0 Å². The van der Waals surface area contributed by atoms with E-state index < -0.39 is 43.8 Å². The van der Waals surface area contributed by atoms with Crippen LogP contribution in [0.4, 0.5) is 8.78 Å². The summed E-state index contributed by atoms with van der Waals surface area (Å²) in [4.78, 5) is 12.2. The van der Waals surface area contributed by atoms with E-state index in [0.717, 1.165) is 0 Å². The van der Waals surface area contributed by atoms with E-state index in [1.807, 2.05) is 0 Å². The lowest BCUT2D eigenvalue weighted by molar-refractivity contribution is -0.133. The van der Waals surface area contributed by atoms with Crippen LogP contribution in [0.2, 0.25) is 0 Å². The third-order valence-corrected chi connectivity index (χ3v) is 4.07. The Hall–Kier alpha value is -1.41. The van der Waals surface area contributed by atoms with E-state index in [2.05, 4.69) is 0 Å². The standard InChI is InChI=1S/C12H14ClF2NO4S/c1-7(2)16(3)11(17)6-20-12-9(15)4-8(14)5-10(12)21(13,18)19/h4-5,7H,6H2,1-3H3. The summed E-state index contributed by atoms with van der Waals surface area (Å²) in [6, 6.07) is 0.852. The van der Waals surface area contributed by atoms with Gasteiger partial charge in [0.05, 0.1) is 0 Å². The number of halogens is 3. The maximum absolute atomic E-state index is 13.6. The number of carbonyl (C=O) groups is 1. The highest BCUT2D eigenvalue weighted by molar-refractivity contribution is 8.13. The highest BCUT2D eigenvalue weighted by Gasteiger charge is 2.24. The Labute approximate surface area is 125 Å². The zero-order chi connectivity index (χ0) is 16.4. The van der Waals surface area contributed by atoms with Crippen LogP contribution >= 0.6 is 10.7 Å². The molecule has 0 aliphatic carbocycles. The first-order valence-electron chi connectivity index (χ1n) is 5.86. The molecule has 0 aliphatic heterocycles. The van der Waals surface area contributed by atoms with Crippen molar-refractivity contribution in [1.82, 2.24) is 4.90 Å². The van der Waals surface area contributed by atoms with Crippen LogP contribution in [-0.2, 0) is 13.8 Å². The van der Waals surface area contributed by atoms with Crippen LogP contribution in [0.15, 0.2) is 17.0 Å². The number of benzene rings is 1. The Kier molecular flexibility index (Phi) is 5.52. The lowest BCUT2D eigenvalue weighted by Crippen LogP contribution is -2.36. The molecule has 0 unspecified atom stereocenters. The number of hydrogen-bond donors (Lipinski definition) is 0. The third kappa shape index (κ3) is 4.53. The Bertz CT molecular complexity index is 649. The van der Waals surface area contributed by atoms with Gasteiger partial charge in [0.1, 0.15) is 10.7 Å². The first-order chi connectivity index (χ1) is 9.54. The molecule has 9 heteroatoms. The Morgan fingerprint density at radius 2 is 1.95 bits per heavy atom. The minimum absolute atomic E-state index is 0.115. The highest BCUT2D eigenvalue weighted by atomic mass is 35.7. The SMILES string of the molecule is CC(C)N(C)C(=O)COc1c(F)cc(F)cc1S(=O)(=O)Cl. The molecule has 0 atom stereocenters. The zero-order valence-electron chi connectivity index (χ0n) is 11.6. The summed E-state index contributed by atoms with van der Waals surface area (Å²) in [7, 11) is 2.19. The van der Waals surface area contributed by atoms with Crippen molar-refractivity contribution in [3.8, 4) is 5.75 Å². The summed E-state index contributed by atoms with van der Waals surface area (Å²) >= 11 is 0. The van der Waals surface area contributed by atoms with Crippen molar-refractivity contribution in [3.05, 3.63) is 23.8 Å². The summed E-state index contributed by atoms with van der Waals surface area (Å²) in [6.45, 7) is 2.91. The van der Waals surface area contributed by atoms with Gasteiger partial charge in [-0.25, -0.2) is 17.2 Å². The molecule has 0 radical (unpaired) electrons. The van der Waals surface area contributed by atoms with Crippen molar-refractivity contribution in [3.63, 3.8) is 0 Å². The van der Waals surface area contributed by atoms with Crippen molar-refractivity contribution in [2.75, 3.05) is 13.7 Å². The predicted octanol–water partition coefficient (Wildman–Crippen LogP) is 2.14. The molecule has 0 N–H and O–H groups in total. The van der Waals surface area contributed by atoms with E-state index in [0.29, 0.717) is 12.1 Å². The summed E-state index contributed by atoms with van der Waals surface area (Å²) in [6.07, 6.45) is 0. The van der Waals surface area contributed by atoms with Crippen molar-refractivity contribution >= 4 is 25.6 Å². The van der Waals surface area contributed by atoms with E-state index in [4.69, 9.17) is 15.4 Å². The minimum atomic E-state index is -4.42. The van der Waals surface area contributed by atoms with Crippen LogP contribution in [-0.4, -0.2) is 38.9 Å². The van der Waals surface area contributed by atoms with Gasteiger partial charge >= 0.3 is 0 Å². The van der Waals surface area contributed by atoms with Crippen LogP contribution in [0.5, 0.6) is 5.75 Å². The van der Waals surface area contributed by atoms with Gasteiger partial charge in [-0.05, 0) is 19.9 Å². The Morgan fingerprint density at radius 3 is 2.43 bits per heavy atom. The summed E-state index contributed by atoms with van der Waals surface area (Å²) in [5, 5.41) is 0. The van der Waals surface area contributed by atoms with Crippen molar-refractivity contribution in [1.29, 1.82) is 0 Å². The van der Waals surface area contributed by atoms with Gasteiger partial charge in [-0.15, -0.1) is 0 Å². The molecule has 1 aromatic rings. The molecule has 0 aliphatic rings. The first-order valence-corrected chi connectivity index (χ1v) is 8.17. The number of amides is 1. The zero-order valence-corrected chi connectivity index (χ0v) is 13.1. The monoisotopic (exact) mass is 341 g/mol. The topological polar surface area (TPSA) is 63.7 Å². The minimum Gasteiger partial charge on any atom is -0.479 e. The largest absolute Gasteiger partial charge is 0.479 e. The maximum Gasteiger partial charge on any atom is 0.265 e. The van der Waals surface area contributed by atoms with Crippen LogP contribution in [0.3, 0.4) is 0 Å². The molecule has 0 fully saturated rings. The van der Waals surface area contributed by atoms with Gasteiger partial charge in [-0.1, -0.05) is 0 Å². The molecule has 0 heterocycles. The predicted molar refractivity (Wildman–Crippen MR) is 72.8 cm³/mol. The quantitative estimate of drug-likeness (QED) is 0.770. The number of rotatable bonds is 5. The maximum atomic E-state index is 13.6. The van der Waals surface area contributed by atoms with Crippen molar-refractivity contribution in [2.45, 2.75) is 24.8 Å². The molecule has 0 bridgehead atoms. The average molecular weight is 342 g/mol. The lowest BCUT2D eigenvalue weighted by atomic mass is 10.3. The van der Waals surface area contributed by atoms with Crippen LogP contribution in [0.1, 0.15) is 13.8 Å². The molecule has 0 saturated heterocycles. The van der Waals surface area contributed by atoms with Gasteiger partial charge in [0.15, 0.2) is 18.2 Å². The second kappa shape index (κ2) is 6.57. The van der Waals surface area contributed by atoms with Gasteiger partial charge < -0.3 is 9.64 Å². The van der Waals surface area contributed by atoms with Crippen LogP contribution in [0, 0.1) is 11.6 Å². The summed E-state index contributed by atoms with van der Waals surface area (Å²) < 4.78 is 54.2. The second-order valence-electron chi connectivity index (χ2n) is 4.54. The molecular weight excluding hydrogens is 328 g/mol. The van der Waals surface area contributed by atoms with Crippen molar-refractivity contribution in [2.24, 2.45) is 0 Å². The fraction of sp³-hybridized carbons (Fsp3) is 0.417. The third-order valence-electron chi connectivity index (χ3n) is 2.74. The molecule has 0 spiro atoms. The number of ether oxygens (including phenoxy) is 1. The smallest absolute Gasteiger partial charge is 0.265 e. The molecule has 0 aromatic heterocycles. The van der Waals surface area contributed by atoms with Crippen molar-refractivity contribution < 1.29 is 26.7 Å². The number of nitrogens with zero attached hydrogens (tertiary/aromatic N) is 1. The molecule has 1 amide bonds. The normalized spacial score (nSPS) is 11.6. The number of likely N-dealkylation sites (N-methyl/N-ethyl adjacent to an activating group) is 1. The van der Waals surface area contributed by atoms with Gasteiger partial charge in [-0.3, -0.25) is 4.79 Å². The summed E-state index contributed by atoms with van der Waals surface area (Å²) in [5.41, 5.74) is 0. The van der Waals surface area contributed by atoms with E-state index in [9.17, 15) is 22.0 Å². The molecule has 21 heavy (non-hydrogen) atoms. The molecule has 1 rings (SSSR count). The van der Waals surface area contributed by atoms with Gasteiger partial charge in [0.25, 0.3) is 15.0 Å². The Balaban J connectivity index is 3.07. The first kappa shape index (κ1) is 17.6. The molecule has 118 valence electrons. The van der Waals surface area contributed by atoms with E-state index >= 15 is 0 Å². The molecule has 1 aromatic carbocycles. The van der Waals surface area contributed by atoms with Gasteiger partial charge in [-0.2, -0.15) is 0 Å². The molecule has 5 nitrogen and oxygen atoms in total. The number of hydrogen-bond acceptors (Lipinski definition) is 4. The molecular formula is C12H14ClF2NO4S. The van der Waals surface area contributed by atoms with E-state index in [-0.39, 0.29) is 6.04 Å². The molecule has 0 saturated carbocycles. The average Bonchev–Trinajstić information content (AvgIpc) is 2.34. The highest BCUT2D eigenvalue weighted by Crippen LogP contribution is 2.30. The van der Waals surface area contributed by atoms with E-state index in [1.165, 1.54) is 11.9 Å². The fourth-order valence-corrected chi connectivity index (χ4v) is 2.36. The fourth-order valence-electron chi connectivity index (χ4n) is 1.38. The van der Waals surface area contributed by atoms with Crippen LogP contribution < -0.4 is 4.74 Å². The van der Waals surface area contributed by atoms with Crippen LogP contribution in [0.25, 0.3) is 0 Å². The lowest BCUT2D eigenvalue weighted by Gasteiger charge is -2.21. The second-order valence-corrected chi connectivity index (χ2v) is 7.07. The van der Waals surface area contributed by atoms with Gasteiger partial charge in [0, 0.05) is 29.8 Å². The Morgan fingerprint density at radius 1 is 1.38 bits per heavy atom.